The predicted octanol–water partition coefficient (Wildman–Crippen LogP) is 2.65. The van der Waals surface area contributed by atoms with Gasteiger partial charge >= 0.3 is 0 Å². The monoisotopic (exact) mass is 298 g/mol. The van der Waals surface area contributed by atoms with Crippen molar-refractivity contribution in [3.05, 3.63) is 29.3 Å². The highest BCUT2D eigenvalue weighted by molar-refractivity contribution is 5.94. The highest BCUT2D eigenvalue weighted by Crippen LogP contribution is 2.22. The minimum absolute atomic E-state index is 0.0288. The molecule has 0 bridgehead atoms. The van der Waals surface area contributed by atoms with Crippen molar-refractivity contribution in [1.82, 2.24) is 4.90 Å². The molecule has 0 saturated carbocycles. The van der Waals surface area contributed by atoms with E-state index in [1.54, 1.807) is 4.90 Å². The van der Waals surface area contributed by atoms with Crippen molar-refractivity contribution in [2.45, 2.75) is 26.4 Å². The second-order valence-electron chi connectivity index (χ2n) is 5.17. The van der Waals surface area contributed by atoms with Crippen molar-refractivity contribution in [1.29, 1.82) is 0 Å². The summed E-state index contributed by atoms with van der Waals surface area (Å²) >= 11 is 0. The molecule has 1 fully saturated rings. The third-order valence-electron chi connectivity index (χ3n) is 3.37. The topological polar surface area (TPSA) is 41.6 Å². The van der Waals surface area contributed by atoms with Crippen molar-refractivity contribution in [2.24, 2.45) is 0 Å². The number of benzene rings is 1. The Morgan fingerprint density at radius 3 is 2.67 bits per heavy atom. The fraction of sp³-hybridized carbons (Fsp3) is 0.533. The molecule has 1 aliphatic rings. The molecule has 0 spiro atoms. The van der Waals surface area contributed by atoms with Crippen LogP contribution in [0.2, 0.25) is 0 Å². The number of morpholine rings is 1. The van der Waals surface area contributed by atoms with E-state index in [1.165, 1.54) is 0 Å². The molecule has 0 radical (unpaired) electrons. The molecule has 4 nitrogen and oxygen atoms in total. The average molecular weight is 298 g/mol. The maximum Gasteiger partial charge on any atom is 0.254 e. The summed E-state index contributed by atoms with van der Waals surface area (Å²) in [6, 6.07) is 2.17. The van der Waals surface area contributed by atoms with Crippen LogP contribution in [0, 0.1) is 11.6 Å². The van der Waals surface area contributed by atoms with Gasteiger partial charge < -0.3 is 15.0 Å². The van der Waals surface area contributed by atoms with Gasteiger partial charge in [-0.05, 0) is 25.5 Å². The van der Waals surface area contributed by atoms with E-state index < -0.39 is 11.6 Å². The van der Waals surface area contributed by atoms with Crippen LogP contribution in [-0.4, -0.2) is 43.2 Å². The fourth-order valence-electron chi connectivity index (χ4n) is 2.30. The molecule has 1 atom stereocenters. The number of ether oxygens (including phenoxy) is 1. The average Bonchev–Trinajstić information content (AvgIpc) is 2.45. The van der Waals surface area contributed by atoms with Crippen LogP contribution in [0.5, 0.6) is 0 Å². The number of carbonyl (C=O) groups is 1. The van der Waals surface area contributed by atoms with Crippen LogP contribution >= 0.6 is 0 Å². The smallest absolute Gasteiger partial charge is 0.254 e. The molecule has 1 saturated heterocycles. The van der Waals surface area contributed by atoms with Gasteiger partial charge in [-0.3, -0.25) is 4.79 Å². The lowest BCUT2D eigenvalue weighted by Gasteiger charge is -2.31. The second kappa shape index (κ2) is 6.85. The summed E-state index contributed by atoms with van der Waals surface area (Å²) in [5.74, 6) is -1.86. The summed E-state index contributed by atoms with van der Waals surface area (Å²) in [6.45, 7) is 5.54. The van der Waals surface area contributed by atoms with Crippen molar-refractivity contribution < 1.29 is 18.3 Å². The number of nitrogens with zero attached hydrogens (tertiary/aromatic N) is 1. The lowest BCUT2D eigenvalue weighted by atomic mass is 10.1. The van der Waals surface area contributed by atoms with Gasteiger partial charge in [0.15, 0.2) is 0 Å². The number of anilines is 1. The molecule has 1 amide bonds. The molecule has 1 unspecified atom stereocenters. The zero-order valence-electron chi connectivity index (χ0n) is 12.3. The summed E-state index contributed by atoms with van der Waals surface area (Å²) in [6.07, 6.45) is 0.688. The molecule has 1 aromatic carbocycles. The van der Waals surface area contributed by atoms with E-state index in [2.05, 4.69) is 5.32 Å². The van der Waals surface area contributed by atoms with Gasteiger partial charge in [0.05, 0.1) is 12.7 Å². The molecule has 1 aliphatic heterocycles. The first-order valence-corrected chi connectivity index (χ1v) is 7.16. The van der Waals surface area contributed by atoms with Gasteiger partial charge in [-0.25, -0.2) is 8.78 Å². The van der Waals surface area contributed by atoms with E-state index in [1.807, 2.05) is 13.8 Å². The van der Waals surface area contributed by atoms with Crippen LogP contribution in [0.1, 0.15) is 30.6 Å². The summed E-state index contributed by atoms with van der Waals surface area (Å²) in [7, 11) is 0. The molecular weight excluding hydrogens is 278 g/mol. The van der Waals surface area contributed by atoms with Gasteiger partial charge in [-0.2, -0.15) is 0 Å². The number of rotatable bonds is 4. The maximum absolute atomic E-state index is 13.9. The molecular formula is C15H20F2N2O2. The van der Waals surface area contributed by atoms with Crippen molar-refractivity contribution in [3.8, 4) is 0 Å². The number of hydrogen-bond donors (Lipinski definition) is 1. The van der Waals surface area contributed by atoms with Crippen molar-refractivity contribution >= 4 is 11.6 Å². The zero-order chi connectivity index (χ0) is 15.4. The SMILES string of the molecule is CCCNc1c(F)cc(C(=O)N2CCOC(C)C2)cc1F. The summed E-state index contributed by atoms with van der Waals surface area (Å²) in [5, 5.41) is 2.69. The number of halogens is 2. The Bertz CT molecular complexity index is 499. The molecule has 6 heteroatoms. The van der Waals surface area contributed by atoms with Crippen LogP contribution in [0.3, 0.4) is 0 Å². The van der Waals surface area contributed by atoms with Gasteiger partial charge in [0.25, 0.3) is 5.91 Å². The van der Waals surface area contributed by atoms with Crippen LogP contribution in [-0.2, 0) is 4.74 Å². The molecule has 1 heterocycles. The Morgan fingerprint density at radius 2 is 2.10 bits per heavy atom. The van der Waals surface area contributed by atoms with Gasteiger partial charge in [0, 0.05) is 25.2 Å². The van der Waals surface area contributed by atoms with Crippen LogP contribution in [0.4, 0.5) is 14.5 Å². The number of nitrogens with one attached hydrogen (secondary N) is 1. The van der Waals surface area contributed by atoms with E-state index in [-0.39, 0.29) is 23.3 Å². The largest absolute Gasteiger partial charge is 0.380 e. The Hall–Kier alpha value is -1.69. The molecule has 1 N–H and O–H groups in total. The highest BCUT2D eigenvalue weighted by atomic mass is 19.1. The first kappa shape index (κ1) is 15.7. The van der Waals surface area contributed by atoms with Crippen LogP contribution in [0.25, 0.3) is 0 Å². The Kier molecular flexibility index (Phi) is 5.12. The van der Waals surface area contributed by atoms with Gasteiger partial charge in [0.1, 0.15) is 17.3 Å². The maximum atomic E-state index is 13.9. The summed E-state index contributed by atoms with van der Waals surface area (Å²) < 4.78 is 33.2. The van der Waals surface area contributed by atoms with Crippen LogP contribution < -0.4 is 5.32 Å². The lowest BCUT2D eigenvalue weighted by Crippen LogP contribution is -2.44. The van der Waals surface area contributed by atoms with E-state index in [9.17, 15) is 13.6 Å². The fourth-order valence-corrected chi connectivity index (χ4v) is 2.30. The number of amides is 1. The van der Waals surface area contributed by atoms with E-state index in [4.69, 9.17) is 4.74 Å². The van der Waals surface area contributed by atoms with E-state index in [0.29, 0.717) is 26.2 Å². The molecule has 2 rings (SSSR count). The van der Waals surface area contributed by atoms with Crippen molar-refractivity contribution in [3.63, 3.8) is 0 Å². The number of carbonyl (C=O) groups excluding carboxylic acids is 1. The normalized spacial score (nSPS) is 18.7. The number of hydrogen-bond acceptors (Lipinski definition) is 3. The molecule has 21 heavy (non-hydrogen) atoms. The van der Waals surface area contributed by atoms with E-state index >= 15 is 0 Å². The Morgan fingerprint density at radius 1 is 1.43 bits per heavy atom. The minimum atomic E-state index is -0.742. The quantitative estimate of drug-likeness (QED) is 0.929. The minimum Gasteiger partial charge on any atom is -0.380 e. The Labute approximate surface area is 123 Å². The Balaban J connectivity index is 2.18. The van der Waals surface area contributed by atoms with Gasteiger partial charge in [-0.1, -0.05) is 6.92 Å². The van der Waals surface area contributed by atoms with Crippen molar-refractivity contribution in [2.75, 3.05) is 31.6 Å². The standard InChI is InChI=1S/C15H20F2N2O2/c1-3-4-18-14-12(16)7-11(8-13(14)17)15(20)19-5-6-21-10(2)9-19/h7-8,10,18H,3-6,9H2,1-2H3. The van der Waals surface area contributed by atoms with E-state index in [0.717, 1.165) is 18.6 Å². The lowest BCUT2D eigenvalue weighted by molar-refractivity contribution is -0.0124. The molecule has 116 valence electrons. The van der Waals surface area contributed by atoms with Gasteiger partial charge in [-0.15, -0.1) is 0 Å². The molecule has 0 aromatic heterocycles. The summed E-state index contributed by atoms with van der Waals surface area (Å²) in [4.78, 5) is 13.8. The van der Waals surface area contributed by atoms with Gasteiger partial charge in [0.2, 0.25) is 0 Å². The second-order valence-corrected chi connectivity index (χ2v) is 5.17. The third kappa shape index (κ3) is 3.69. The highest BCUT2D eigenvalue weighted by Gasteiger charge is 2.24. The summed E-state index contributed by atoms with van der Waals surface area (Å²) in [5.41, 5.74) is -0.148. The van der Waals surface area contributed by atoms with Crippen LogP contribution in [0.15, 0.2) is 12.1 Å². The first-order valence-electron chi connectivity index (χ1n) is 7.16. The third-order valence-corrected chi connectivity index (χ3v) is 3.37. The zero-order valence-corrected chi connectivity index (χ0v) is 12.3. The molecule has 1 aromatic rings. The predicted molar refractivity (Wildman–Crippen MR) is 76.5 cm³/mol. The first-order chi connectivity index (χ1) is 10.0. The molecule has 0 aliphatic carbocycles.